The molecule has 3 rings (SSSR count). The summed E-state index contributed by atoms with van der Waals surface area (Å²) in [6, 6.07) is 15.3. The molecule has 20 heavy (non-hydrogen) atoms. The van der Waals surface area contributed by atoms with Crippen molar-refractivity contribution < 1.29 is 9.67 Å². The van der Waals surface area contributed by atoms with Crippen molar-refractivity contribution in [1.29, 1.82) is 0 Å². The number of rotatable bonds is 2. The van der Waals surface area contributed by atoms with Gasteiger partial charge in [0.25, 0.3) is 0 Å². The second kappa shape index (κ2) is 5.13. The van der Waals surface area contributed by atoms with Gasteiger partial charge < -0.3 is 5.11 Å². The first kappa shape index (κ1) is 12.4. The molecule has 1 aromatic carbocycles. The van der Waals surface area contributed by atoms with Crippen LogP contribution in [-0.2, 0) is 7.05 Å². The number of fused-ring (bicyclic) bond motifs is 1. The number of aromatic hydroxyl groups is 1. The first-order valence-electron chi connectivity index (χ1n) is 6.45. The number of hydrogen-bond donors (Lipinski definition) is 1. The molecule has 3 nitrogen and oxygen atoms in total. The smallest absolute Gasteiger partial charge is 0.204 e. The summed E-state index contributed by atoms with van der Waals surface area (Å²) >= 11 is 0. The number of phenolic OH excluding ortho intramolecular Hbond substituents is 1. The topological polar surface area (TPSA) is 37.0 Å². The van der Waals surface area contributed by atoms with E-state index in [0.717, 1.165) is 16.8 Å². The Labute approximate surface area is 117 Å². The molecule has 0 amide bonds. The van der Waals surface area contributed by atoms with Crippen LogP contribution in [0, 0.1) is 0 Å². The Hall–Kier alpha value is -2.68. The van der Waals surface area contributed by atoms with Gasteiger partial charge in [0, 0.05) is 23.6 Å². The number of aromatic nitrogens is 2. The highest BCUT2D eigenvalue weighted by atomic mass is 16.3. The van der Waals surface area contributed by atoms with Gasteiger partial charge in [-0.3, -0.25) is 0 Å². The molecule has 2 heterocycles. The van der Waals surface area contributed by atoms with Crippen molar-refractivity contribution in [3.05, 3.63) is 66.1 Å². The van der Waals surface area contributed by atoms with Crippen LogP contribution in [0.4, 0.5) is 0 Å². The molecule has 0 atom stereocenters. The van der Waals surface area contributed by atoms with E-state index in [1.54, 1.807) is 6.07 Å². The minimum Gasteiger partial charge on any atom is -0.506 e. The number of aryl methyl sites for hydroxylation is 1. The minimum atomic E-state index is 0.211. The monoisotopic (exact) mass is 263 g/mol. The molecule has 0 spiro atoms. The summed E-state index contributed by atoms with van der Waals surface area (Å²) in [5.41, 5.74) is 2.54. The summed E-state index contributed by atoms with van der Waals surface area (Å²) in [5, 5.41) is 10.8. The lowest BCUT2D eigenvalue weighted by atomic mass is 10.2. The van der Waals surface area contributed by atoms with Crippen molar-refractivity contribution in [2.45, 2.75) is 0 Å². The Kier molecular flexibility index (Phi) is 3.17. The maximum atomic E-state index is 9.83. The highest BCUT2D eigenvalue weighted by Gasteiger charge is 2.02. The van der Waals surface area contributed by atoms with Gasteiger partial charge in [-0.15, -0.1) is 0 Å². The van der Waals surface area contributed by atoms with Crippen molar-refractivity contribution in [2.24, 2.45) is 7.05 Å². The molecule has 0 saturated heterocycles. The van der Waals surface area contributed by atoms with E-state index >= 15 is 0 Å². The van der Waals surface area contributed by atoms with E-state index in [9.17, 15) is 5.11 Å². The van der Waals surface area contributed by atoms with E-state index < -0.39 is 0 Å². The fourth-order valence-corrected chi connectivity index (χ4v) is 2.12. The van der Waals surface area contributed by atoms with Crippen LogP contribution in [0.25, 0.3) is 23.1 Å². The Morgan fingerprint density at radius 1 is 1.00 bits per heavy atom. The highest BCUT2D eigenvalue weighted by Crippen LogP contribution is 2.22. The fraction of sp³-hybridized carbons (Fsp3) is 0.0588. The van der Waals surface area contributed by atoms with Crippen molar-refractivity contribution in [3.63, 3.8) is 0 Å². The largest absolute Gasteiger partial charge is 0.506 e. The van der Waals surface area contributed by atoms with E-state index in [-0.39, 0.29) is 5.75 Å². The quantitative estimate of drug-likeness (QED) is 0.722. The SMILES string of the molecule is C[n+]1ccccc1/C=C/c1ccc2cccc(O)c2n1. The lowest BCUT2D eigenvalue weighted by molar-refractivity contribution is -0.673. The number of pyridine rings is 2. The predicted molar refractivity (Wildman–Crippen MR) is 80.0 cm³/mol. The number of hydrogen-bond acceptors (Lipinski definition) is 2. The molecule has 0 aliphatic heterocycles. The fourth-order valence-electron chi connectivity index (χ4n) is 2.12. The summed E-state index contributed by atoms with van der Waals surface area (Å²) in [6.45, 7) is 0. The molecule has 0 fully saturated rings. The van der Waals surface area contributed by atoms with Crippen molar-refractivity contribution in [2.75, 3.05) is 0 Å². The molecule has 98 valence electrons. The van der Waals surface area contributed by atoms with Crippen LogP contribution in [0.1, 0.15) is 11.4 Å². The standard InChI is InChI=1S/C17H14N2O/c1-19-12-3-2-6-15(19)11-10-14-9-8-13-5-4-7-16(20)17(13)18-14/h2-12H,1H3/p+1. The van der Waals surface area contributed by atoms with Gasteiger partial charge in [-0.05, 0) is 24.3 Å². The third-order valence-corrected chi connectivity index (χ3v) is 3.24. The van der Waals surface area contributed by atoms with Gasteiger partial charge in [-0.25, -0.2) is 9.55 Å². The van der Waals surface area contributed by atoms with Crippen molar-refractivity contribution in [1.82, 2.24) is 4.98 Å². The molecule has 2 aromatic heterocycles. The van der Waals surface area contributed by atoms with Crippen LogP contribution in [0.3, 0.4) is 0 Å². The molecule has 3 aromatic rings. The summed E-state index contributed by atoms with van der Waals surface area (Å²) in [7, 11) is 2.00. The molecule has 0 aliphatic carbocycles. The first-order chi connectivity index (χ1) is 9.74. The second-order valence-electron chi connectivity index (χ2n) is 4.65. The zero-order chi connectivity index (χ0) is 13.9. The van der Waals surface area contributed by atoms with Crippen LogP contribution in [0.15, 0.2) is 54.7 Å². The first-order valence-corrected chi connectivity index (χ1v) is 6.45. The summed E-state index contributed by atoms with van der Waals surface area (Å²) in [4.78, 5) is 4.47. The Balaban J connectivity index is 1.99. The summed E-state index contributed by atoms with van der Waals surface area (Å²) < 4.78 is 2.04. The summed E-state index contributed by atoms with van der Waals surface area (Å²) in [6.07, 6.45) is 5.95. The van der Waals surface area contributed by atoms with E-state index in [4.69, 9.17) is 0 Å². The van der Waals surface area contributed by atoms with Gasteiger partial charge in [0.15, 0.2) is 6.20 Å². The number of phenols is 1. The third kappa shape index (κ3) is 2.38. The normalized spacial score (nSPS) is 11.2. The van der Waals surface area contributed by atoms with E-state index in [1.807, 2.05) is 72.4 Å². The predicted octanol–water partition coefficient (Wildman–Crippen LogP) is 2.94. The molecule has 0 radical (unpaired) electrons. The molecule has 3 heteroatoms. The van der Waals surface area contributed by atoms with E-state index in [1.165, 1.54) is 0 Å². The third-order valence-electron chi connectivity index (χ3n) is 3.24. The zero-order valence-electron chi connectivity index (χ0n) is 11.2. The van der Waals surface area contributed by atoms with Gasteiger partial charge in [0.2, 0.25) is 5.69 Å². The lowest BCUT2D eigenvalue weighted by Crippen LogP contribution is -2.30. The average Bonchev–Trinajstić information content (AvgIpc) is 2.47. The van der Waals surface area contributed by atoms with Crippen molar-refractivity contribution >= 4 is 23.1 Å². The Morgan fingerprint density at radius 2 is 1.90 bits per heavy atom. The molecule has 0 unspecified atom stereocenters. The van der Waals surface area contributed by atoms with Crippen molar-refractivity contribution in [3.8, 4) is 5.75 Å². The van der Waals surface area contributed by atoms with Crippen LogP contribution in [0.2, 0.25) is 0 Å². The van der Waals surface area contributed by atoms with Crippen LogP contribution >= 0.6 is 0 Å². The van der Waals surface area contributed by atoms with E-state index in [2.05, 4.69) is 4.98 Å². The Bertz CT molecular complexity index is 794. The van der Waals surface area contributed by atoms with Gasteiger partial charge in [0.05, 0.1) is 5.69 Å². The number of nitrogens with zero attached hydrogens (tertiary/aromatic N) is 2. The van der Waals surface area contributed by atoms with Gasteiger partial charge >= 0.3 is 0 Å². The van der Waals surface area contributed by atoms with Gasteiger partial charge in [-0.1, -0.05) is 18.2 Å². The van der Waals surface area contributed by atoms with Gasteiger partial charge in [-0.2, -0.15) is 0 Å². The van der Waals surface area contributed by atoms with Crippen LogP contribution in [-0.4, -0.2) is 10.1 Å². The van der Waals surface area contributed by atoms with Gasteiger partial charge in [0.1, 0.15) is 18.3 Å². The zero-order valence-corrected chi connectivity index (χ0v) is 11.2. The number of para-hydroxylation sites is 1. The minimum absolute atomic E-state index is 0.211. The second-order valence-corrected chi connectivity index (χ2v) is 4.65. The molecule has 1 N–H and O–H groups in total. The van der Waals surface area contributed by atoms with Crippen LogP contribution < -0.4 is 4.57 Å². The number of benzene rings is 1. The maximum Gasteiger partial charge on any atom is 0.204 e. The molecular formula is C17H15N2O+. The molecular weight excluding hydrogens is 248 g/mol. The Morgan fingerprint density at radius 3 is 2.75 bits per heavy atom. The molecule has 0 aliphatic rings. The summed E-state index contributed by atoms with van der Waals surface area (Å²) in [5.74, 6) is 0.211. The average molecular weight is 263 g/mol. The molecule has 0 saturated carbocycles. The lowest BCUT2D eigenvalue weighted by Gasteiger charge is -2.01. The maximum absolute atomic E-state index is 9.83. The van der Waals surface area contributed by atoms with E-state index in [0.29, 0.717) is 5.52 Å². The van der Waals surface area contributed by atoms with Crippen LogP contribution in [0.5, 0.6) is 5.75 Å². The molecule has 0 bridgehead atoms. The highest BCUT2D eigenvalue weighted by molar-refractivity contribution is 5.85.